The first kappa shape index (κ1) is 10.6. The summed E-state index contributed by atoms with van der Waals surface area (Å²) in [6, 6.07) is 7.38. The third kappa shape index (κ3) is 1.65. The number of carbonyl (C=O) groups excluding carboxylic acids is 2. The van der Waals surface area contributed by atoms with E-state index >= 15 is 0 Å². The molecule has 0 N–H and O–H groups in total. The molecule has 1 aliphatic heterocycles. The largest absolute Gasteiger partial charge is 0.274 e. The van der Waals surface area contributed by atoms with Crippen molar-refractivity contribution in [1.29, 1.82) is 0 Å². The summed E-state index contributed by atoms with van der Waals surface area (Å²) in [7, 11) is 0. The van der Waals surface area contributed by atoms with Crippen molar-refractivity contribution in [1.82, 2.24) is 0 Å². The van der Waals surface area contributed by atoms with E-state index in [4.69, 9.17) is 0 Å². The number of hydrogen-bond donors (Lipinski definition) is 0. The molecule has 1 aromatic rings. The van der Waals surface area contributed by atoms with Crippen LogP contribution in [0.25, 0.3) is 0 Å². The van der Waals surface area contributed by atoms with E-state index in [9.17, 15) is 9.59 Å². The van der Waals surface area contributed by atoms with Crippen LogP contribution >= 0.6 is 0 Å². The Morgan fingerprint density at radius 1 is 1.19 bits per heavy atom. The number of benzene rings is 1. The van der Waals surface area contributed by atoms with Crippen LogP contribution in [-0.4, -0.2) is 11.8 Å². The zero-order valence-electron chi connectivity index (χ0n) is 9.36. The van der Waals surface area contributed by atoms with Crippen molar-refractivity contribution in [3.63, 3.8) is 0 Å². The second kappa shape index (κ2) is 3.93. The summed E-state index contributed by atoms with van der Waals surface area (Å²) in [4.78, 5) is 24.8. The van der Waals surface area contributed by atoms with E-state index in [1.807, 2.05) is 19.1 Å². The summed E-state index contributed by atoms with van der Waals surface area (Å²) < 4.78 is 0. The van der Waals surface area contributed by atoms with Crippen LogP contribution in [0.1, 0.15) is 18.9 Å². The van der Waals surface area contributed by atoms with E-state index < -0.39 is 0 Å². The standard InChI is InChI=1S/C13H13NO2/c1-3-10-8-12(15)14(13(10)16)11-6-4-9(2)5-7-11/h3-7H,8H2,1-2H3. The van der Waals surface area contributed by atoms with Gasteiger partial charge in [-0.15, -0.1) is 0 Å². The van der Waals surface area contributed by atoms with Gasteiger partial charge < -0.3 is 0 Å². The van der Waals surface area contributed by atoms with Crippen molar-refractivity contribution in [2.24, 2.45) is 0 Å². The second-order valence-corrected chi connectivity index (χ2v) is 3.86. The van der Waals surface area contributed by atoms with Gasteiger partial charge in [0.25, 0.3) is 5.91 Å². The Hall–Kier alpha value is -1.90. The third-order valence-electron chi connectivity index (χ3n) is 2.71. The van der Waals surface area contributed by atoms with Gasteiger partial charge in [0.15, 0.2) is 0 Å². The molecule has 1 aliphatic rings. The summed E-state index contributed by atoms with van der Waals surface area (Å²) >= 11 is 0. The monoisotopic (exact) mass is 215 g/mol. The first-order valence-electron chi connectivity index (χ1n) is 5.22. The van der Waals surface area contributed by atoms with Gasteiger partial charge in [-0.05, 0) is 26.0 Å². The van der Waals surface area contributed by atoms with Crippen molar-refractivity contribution < 1.29 is 9.59 Å². The minimum atomic E-state index is -0.198. The number of rotatable bonds is 1. The predicted molar refractivity (Wildman–Crippen MR) is 62.0 cm³/mol. The Kier molecular flexibility index (Phi) is 2.60. The van der Waals surface area contributed by atoms with Gasteiger partial charge in [-0.2, -0.15) is 0 Å². The average Bonchev–Trinajstić information content (AvgIpc) is 2.56. The number of hydrogen-bond acceptors (Lipinski definition) is 2. The van der Waals surface area contributed by atoms with Gasteiger partial charge in [0.05, 0.1) is 12.1 Å². The van der Waals surface area contributed by atoms with Crippen LogP contribution in [0.4, 0.5) is 5.69 Å². The number of carbonyl (C=O) groups is 2. The lowest BCUT2D eigenvalue weighted by atomic mass is 10.2. The van der Waals surface area contributed by atoms with E-state index in [0.29, 0.717) is 11.3 Å². The Labute approximate surface area is 94.4 Å². The molecule has 0 saturated carbocycles. The lowest BCUT2D eigenvalue weighted by molar-refractivity contribution is -0.120. The highest BCUT2D eigenvalue weighted by Gasteiger charge is 2.34. The van der Waals surface area contributed by atoms with Gasteiger partial charge in [0.1, 0.15) is 0 Å². The minimum Gasteiger partial charge on any atom is -0.274 e. The van der Waals surface area contributed by atoms with Gasteiger partial charge in [0.2, 0.25) is 5.91 Å². The molecule has 16 heavy (non-hydrogen) atoms. The van der Waals surface area contributed by atoms with Gasteiger partial charge in [-0.25, -0.2) is 4.90 Å². The molecule has 0 spiro atoms. The maximum absolute atomic E-state index is 11.9. The molecule has 1 fully saturated rings. The zero-order valence-corrected chi connectivity index (χ0v) is 9.36. The molecule has 82 valence electrons. The van der Waals surface area contributed by atoms with Gasteiger partial charge in [0, 0.05) is 5.57 Å². The molecule has 0 unspecified atom stereocenters. The Bertz CT molecular complexity index is 471. The van der Waals surface area contributed by atoms with Gasteiger partial charge in [-0.1, -0.05) is 23.8 Å². The van der Waals surface area contributed by atoms with E-state index in [1.54, 1.807) is 25.1 Å². The molecule has 1 saturated heterocycles. The van der Waals surface area contributed by atoms with Crippen LogP contribution in [0.15, 0.2) is 35.9 Å². The Morgan fingerprint density at radius 2 is 1.81 bits per heavy atom. The minimum absolute atomic E-state index is 0.151. The molecular weight excluding hydrogens is 202 g/mol. The molecular formula is C13H13NO2. The molecule has 2 rings (SSSR count). The molecule has 1 aromatic carbocycles. The average molecular weight is 215 g/mol. The molecule has 1 heterocycles. The van der Waals surface area contributed by atoms with Crippen LogP contribution in [0.5, 0.6) is 0 Å². The fourth-order valence-corrected chi connectivity index (χ4v) is 1.76. The number of amides is 2. The van der Waals surface area contributed by atoms with Gasteiger partial charge in [-0.3, -0.25) is 9.59 Å². The fraction of sp³-hybridized carbons (Fsp3) is 0.231. The molecule has 2 amide bonds. The Morgan fingerprint density at radius 3 is 2.31 bits per heavy atom. The molecule has 0 atom stereocenters. The predicted octanol–water partition coefficient (Wildman–Crippen LogP) is 2.20. The molecule has 0 aromatic heterocycles. The normalized spacial score (nSPS) is 18.6. The van der Waals surface area contributed by atoms with Crippen molar-refractivity contribution in [3.8, 4) is 0 Å². The number of nitrogens with zero attached hydrogens (tertiary/aromatic N) is 1. The first-order chi connectivity index (χ1) is 7.63. The molecule has 0 radical (unpaired) electrons. The zero-order chi connectivity index (χ0) is 11.7. The highest BCUT2D eigenvalue weighted by atomic mass is 16.2. The SMILES string of the molecule is CC=C1CC(=O)N(c2ccc(C)cc2)C1=O. The second-order valence-electron chi connectivity index (χ2n) is 3.86. The highest BCUT2D eigenvalue weighted by molar-refractivity contribution is 6.28. The number of anilines is 1. The van der Waals surface area contributed by atoms with Crippen molar-refractivity contribution in [2.45, 2.75) is 20.3 Å². The van der Waals surface area contributed by atoms with Crippen LogP contribution in [0.3, 0.4) is 0 Å². The van der Waals surface area contributed by atoms with Gasteiger partial charge >= 0.3 is 0 Å². The first-order valence-corrected chi connectivity index (χ1v) is 5.22. The van der Waals surface area contributed by atoms with Crippen LogP contribution in [0, 0.1) is 6.92 Å². The quantitative estimate of drug-likeness (QED) is 0.532. The lowest BCUT2D eigenvalue weighted by Gasteiger charge is -2.13. The molecule has 3 nitrogen and oxygen atoms in total. The summed E-state index contributed by atoms with van der Waals surface area (Å²) in [5.74, 6) is -0.349. The summed E-state index contributed by atoms with van der Waals surface area (Å²) in [5, 5.41) is 0. The maximum Gasteiger partial charge on any atom is 0.261 e. The van der Waals surface area contributed by atoms with Crippen LogP contribution in [-0.2, 0) is 9.59 Å². The number of allylic oxidation sites excluding steroid dienone is 1. The van der Waals surface area contributed by atoms with E-state index in [1.165, 1.54) is 4.90 Å². The lowest BCUT2D eigenvalue weighted by Crippen LogP contribution is -2.28. The maximum atomic E-state index is 11.9. The summed E-state index contributed by atoms with van der Waals surface area (Å²) in [6.45, 7) is 3.74. The van der Waals surface area contributed by atoms with E-state index in [2.05, 4.69) is 0 Å². The molecule has 3 heteroatoms. The molecule has 0 aliphatic carbocycles. The highest BCUT2D eigenvalue weighted by Crippen LogP contribution is 2.25. The van der Waals surface area contributed by atoms with Crippen molar-refractivity contribution in [2.75, 3.05) is 4.90 Å². The number of aryl methyl sites for hydroxylation is 1. The summed E-state index contributed by atoms with van der Waals surface area (Å²) in [6.07, 6.45) is 1.91. The Balaban J connectivity index is 2.38. The van der Waals surface area contributed by atoms with Crippen LogP contribution < -0.4 is 4.90 Å². The smallest absolute Gasteiger partial charge is 0.261 e. The van der Waals surface area contributed by atoms with E-state index in [0.717, 1.165) is 5.56 Å². The van der Waals surface area contributed by atoms with Crippen molar-refractivity contribution in [3.05, 3.63) is 41.5 Å². The third-order valence-corrected chi connectivity index (χ3v) is 2.71. The topological polar surface area (TPSA) is 37.4 Å². The number of imide groups is 1. The van der Waals surface area contributed by atoms with Crippen molar-refractivity contribution >= 4 is 17.5 Å². The van der Waals surface area contributed by atoms with E-state index in [-0.39, 0.29) is 18.2 Å². The summed E-state index contributed by atoms with van der Waals surface area (Å²) in [5.41, 5.74) is 2.33. The molecule has 0 bridgehead atoms. The fourth-order valence-electron chi connectivity index (χ4n) is 1.76. The van der Waals surface area contributed by atoms with Crippen LogP contribution in [0.2, 0.25) is 0 Å².